The molecule has 0 aromatic heterocycles. The van der Waals surface area contributed by atoms with E-state index in [0.29, 0.717) is 24.3 Å². The van der Waals surface area contributed by atoms with Crippen molar-refractivity contribution >= 4 is 0 Å². The van der Waals surface area contributed by atoms with Gasteiger partial charge in [-0.1, -0.05) is 82.5 Å². The van der Waals surface area contributed by atoms with Crippen molar-refractivity contribution in [3.63, 3.8) is 0 Å². The van der Waals surface area contributed by atoms with Crippen molar-refractivity contribution in [1.29, 1.82) is 0 Å². The van der Waals surface area contributed by atoms with E-state index in [0.717, 1.165) is 25.3 Å². The summed E-state index contributed by atoms with van der Waals surface area (Å²) in [5.41, 5.74) is 0. The van der Waals surface area contributed by atoms with Gasteiger partial charge in [0.05, 0.1) is 5.92 Å². The van der Waals surface area contributed by atoms with Crippen LogP contribution in [-0.4, -0.2) is 18.8 Å². The first-order valence-electron chi connectivity index (χ1n) is 14.6. The molecule has 2 aliphatic carbocycles. The summed E-state index contributed by atoms with van der Waals surface area (Å²) < 4.78 is 14.9. The summed E-state index contributed by atoms with van der Waals surface area (Å²) in [6.45, 7) is 5.54. The number of piperidine rings is 1. The zero-order chi connectivity index (χ0) is 23.3. The monoisotopic (exact) mass is 455 g/mol. The first-order valence-corrected chi connectivity index (χ1v) is 14.6. The number of halogens is 1. The van der Waals surface area contributed by atoms with Crippen LogP contribution in [0.3, 0.4) is 0 Å². The molecule has 0 bridgehead atoms. The molecule has 186 valence electrons. The van der Waals surface area contributed by atoms with E-state index >= 15 is 0 Å². The van der Waals surface area contributed by atoms with E-state index in [1.54, 1.807) is 0 Å². The Morgan fingerprint density at radius 1 is 0.667 bits per heavy atom. The average molecular weight is 456 g/mol. The molecule has 5 unspecified atom stereocenters. The van der Waals surface area contributed by atoms with Gasteiger partial charge in [-0.2, -0.15) is 0 Å². The Kier molecular flexibility index (Phi) is 12.2. The Labute approximate surface area is 204 Å². The van der Waals surface area contributed by atoms with Crippen LogP contribution in [0.5, 0.6) is 0 Å². The first kappa shape index (κ1) is 26.6. The van der Waals surface area contributed by atoms with Gasteiger partial charge in [0.15, 0.2) is 0 Å². The molecule has 33 heavy (non-hydrogen) atoms. The summed E-state index contributed by atoms with van der Waals surface area (Å²) >= 11 is 0. The van der Waals surface area contributed by atoms with Crippen molar-refractivity contribution in [3.05, 3.63) is 0 Å². The van der Waals surface area contributed by atoms with Crippen LogP contribution in [-0.2, 0) is 0 Å². The van der Waals surface area contributed by atoms with E-state index < -0.39 is 6.17 Å². The number of alkyl halides is 1. The van der Waals surface area contributed by atoms with E-state index in [9.17, 15) is 4.39 Å². The third-order valence-corrected chi connectivity index (χ3v) is 8.47. The van der Waals surface area contributed by atoms with Gasteiger partial charge in [0.1, 0.15) is 6.17 Å². The van der Waals surface area contributed by atoms with Gasteiger partial charge in [-0.05, 0) is 70.1 Å². The Bertz CT molecular complexity index is 648. The average Bonchev–Trinajstić information content (AvgIpc) is 2.84. The van der Waals surface area contributed by atoms with Gasteiger partial charge >= 0.3 is 0 Å². The van der Waals surface area contributed by atoms with E-state index in [4.69, 9.17) is 0 Å². The highest BCUT2D eigenvalue weighted by Crippen LogP contribution is 2.33. The van der Waals surface area contributed by atoms with Crippen LogP contribution in [0.25, 0.3) is 0 Å². The van der Waals surface area contributed by atoms with Gasteiger partial charge in [0, 0.05) is 30.3 Å². The molecule has 1 saturated heterocycles. The molecular weight excluding hydrogens is 405 g/mol. The molecule has 3 rings (SSSR count). The zero-order valence-corrected chi connectivity index (χ0v) is 21.6. The van der Waals surface area contributed by atoms with Gasteiger partial charge in [-0.25, -0.2) is 4.39 Å². The van der Waals surface area contributed by atoms with Crippen LogP contribution in [0.4, 0.5) is 4.39 Å². The number of rotatable bonds is 8. The Morgan fingerprint density at radius 3 is 1.97 bits per heavy atom. The lowest BCUT2D eigenvalue weighted by Crippen LogP contribution is -2.38. The smallest absolute Gasteiger partial charge is 0.115 e. The van der Waals surface area contributed by atoms with Gasteiger partial charge in [0.25, 0.3) is 0 Å². The van der Waals surface area contributed by atoms with E-state index in [2.05, 4.69) is 42.8 Å². The van der Waals surface area contributed by atoms with Crippen molar-refractivity contribution in [3.8, 4) is 23.7 Å². The number of nitrogens with one attached hydrogen (secondary N) is 1. The van der Waals surface area contributed by atoms with Crippen LogP contribution in [0.2, 0.25) is 0 Å². The summed E-state index contributed by atoms with van der Waals surface area (Å²) in [5, 5.41) is 3.68. The highest BCUT2D eigenvalue weighted by Gasteiger charge is 2.29. The van der Waals surface area contributed by atoms with Crippen molar-refractivity contribution in [1.82, 2.24) is 5.32 Å². The number of hydrogen-bond donors (Lipinski definition) is 1. The van der Waals surface area contributed by atoms with E-state index in [1.807, 2.05) is 0 Å². The maximum atomic E-state index is 14.9. The van der Waals surface area contributed by atoms with Crippen LogP contribution in [0.1, 0.15) is 123 Å². The summed E-state index contributed by atoms with van der Waals surface area (Å²) in [6.07, 6.45) is 20.1. The van der Waals surface area contributed by atoms with E-state index in [1.165, 1.54) is 89.9 Å². The minimum absolute atomic E-state index is 0.0658. The molecule has 5 atom stereocenters. The third-order valence-electron chi connectivity index (χ3n) is 8.47. The minimum atomic E-state index is -0.793. The Morgan fingerprint density at radius 2 is 1.30 bits per heavy atom. The fraction of sp³-hybridized carbons (Fsp3) is 0.871. The molecule has 0 radical (unpaired) electrons. The molecule has 1 heterocycles. The van der Waals surface area contributed by atoms with Gasteiger partial charge < -0.3 is 5.32 Å². The SMILES string of the molecule is CCCCCC1CCC(C#CC2CCC(C#CC3CCC(CCCCC)NC3)C(F)C2)CC1. The second-order valence-corrected chi connectivity index (χ2v) is 11.3. The highest BCUT2D eigenvalue weighted by atomic mass is 19.1. The highest BCUT2D eigenvalue weighted by molar-refractivity contribution is 5.15. The van der Waals surface area contributed by atoms with Crippen LogP contribution >= 0.6 is 0 Å². The minimum Gasteiger partial charge on any atom is -0.313 e. The molecule has 1 aliphatic heterocycles. The molecule has 0 aromatic carbocycles. The summed E-state index contributed by atoms with van der Waals surface area (Å²) in [5.74, 6) is 15.9. The van der Waals surface area contributed by atoms with E-state index in [-0.39, 0.29) is 11.8 Å². The first-order chi connectivity index (χ1) is 16.2. The zero-order valence-electron chi connectivity index (χ0n) is 21.6. The largest absolute Gasteiger partial charge is 0.313 e. The topological polar surface area (TPSA) is 12.0 Å². The van der Waals surface area contributed by atoms with Crippen LogP contribution in [0.15, 0.2) is 0 Å². The molecule has 0 amide bonds. The fourth-order valence-corrected chi connectivity index (χ4v) is 6.07. The molecule has 1 N–H and O–H groups in total. The molecule has 0 spiro atoms. The normalized spacial score (nSPS) is 34.6. The van der Waals surface area contributed by atoms with Gasteiger partial charge in [-0.3, -0.25) is 0 Å². The third kappa shape index (κ3) is 9.65. The molecule has 2 saturated carbocycles. The quantitative estimate of drug-likeness (QED) is 0.288. The Hall–Kier alpha value is -0.990. The second-order valence-electron chi connectivity index (χ2n) is 11.3. The predicted molar refractivity (Wildman–Crippen MR) is 140 cm³/mol. The Balaban J connectivity index is 1.33. The molecular formula is C31H50FN. The van der Waals surface area contributed by atoms with Crippen molar-refractivity contribution in [2.75, 3.05) is 6.54 Å². The standard InChI is InChI=1S/C31H50FN/c1-3-5-7-9-25-11-13-26(14-12-25)15-16-27-17-20-29(31(32)23-27)21-18-28-19-22-30(33-24-28)10-8-6-4-2/h25-31,33H,3-14,17,19-20,22-24H2,1-2H3. The van der Waals surface area contributed by atoms with Crippen LogP contribution in [0, 0.1) is 53.3 Å². The summed E-state index contributed by atoms with van der Waals surface area (Å²) in [7, 11) is 0. The summed E-state index contributed by atoms with van der Waals surface area (Å²) in [6, 6.07) is 0.675. The van der Waals surface area contributed by atoms with Crippen LogP contribution < -0.4 is 5.32 Å². The predicted octanol–water partition coefficient (Wildman–Crippen LogP) is 8.08. The number of hydrogen-bond acceptors (Lipinski definition) is 1. The van der Waals surface area contributed by atoms with Crippen molar-refractivity contribution in [2.45, 2.75) is 135 Å². The lowest BCUT2D eigenvalue weighted by Gasteiger charge is -2.28. The number of unbranched alkanes of at least 4 members (excludes halogenated alkanes) is 4. The molecule has 3 aliphatic rings. The molecule has 3 fully saturated rings. The maximum absolute atomic E-state index is 14.9. The van der Waals surface area contributed by atoms with Gasteiger partial charge in [-0.15, -0.1) is 0 Å². The second kappa shape index (κ2) is 15.1. The lowest BCUT2D eigenvalue weighted by molar-refractivity contribution is 0.181. The fourth-order valence-electron chi connectivity index (χ4n) is 6.07. The van der Waals surface area contributed by atoms with Gasteiger partial charge in [0.2, 0.25) is 0 Å². The lowest BCUT2D eigenvalue weighted by atomic mass is 9.78. The summed E-state index contributed by atoms with van der Waals surface area (Å²) in [4.78, 5) is 0. The molecule has 0 aromatic rings. The maximum Gasteiger partial charge on any atom is 0.115 e. The molecule has 1 nitrogen and oxygen atoms in total. The van der Waals surface area contributed by atoms with Crippen molar-refractivity contribution < 1.29 is 4.39 Å². The molecule has 2 heteroatoms. The van der Waals surface area contributed by atoms with Crippen molar-refractivity contribution in [2.24, 2.45) is 29.6 Å².